The molecule has 0 amide bonds. The van der Waals surface area contributed by atoms with Crippen molar-refractivity contribution in [1.82, 2.24) is 25.2 Å². The van der Waals surface area contributed by atoms with Crippen LogP contribution >= 0.6 is 0 Å². The molecule has 0 bridgehead atoms. The Labute approximate surface area is 180 Å². The first-order chi connectivity index (χ1) is 14.7. The van der Waals surface area contributed by atoms with Crippen molar-refractivity contribution in [3.8, 4) is 11.5 Å². The number of H-pyrrole nitrogens is 1. The number of hydrogen-bond acceptors (Lipinski definition) is 5. The summed E-state index contributed by atoms with van der Waals surface area (Å²) in [6, 6.07) is 7.57. The van der Waals surface area contributed by atoms with E-state index in [0.29, 0.717) is 18.0 Å². The van der Waals surface area contributed by atoms with Gasteiger partial charge in [-0.1, -0.05) is 6.07 Å². The summed E-state index contributed by atoms with van der Waals surface area (Å²) in [6.45, 7) is 10.4. The van der Waals surface area contributed by atoms with E-state index >= 15 is 0 Å². The lowest BCUT2D eigenvalue weighted by molar-refractivity contribution is 0.147. The summed E-state index contributed by atoms with van der Waals surface area (Å²) >= 11 is 0. The highest BCUT2D eigenvalue weighted by Gasteiger charge is 2.27. The molecule has 2 aliphatic heterocycles. The zero-order chi connectivity index (χ0) is 20.5. The smallest absolute Gasteiger partial charge is 0.156 e. The van der Waals surface area contributed by atoms with E-state index in [1.165, 1.54) is 50.9 Å². The fraction of sp³-hybridized carbons (Fsp3) is 0.667. The Balaban J connectivity index is 1.13. The first kappa shape index (κ1) is 20.0. The lowest BCUT2D eigenvalue weighted by atomic mass is 9.95. The van der Waals surface area contributed by atoms with E-state index in [1.807, 2.05) is 6.20 Å². The van der Waals surface area contributed by atoms with Crippen molar-refractivity contribution in [3.05, 3.63) is 30.1 Å². The number of nitrogens with one attached hydrogen (secondary N) is 2. The van der Waals surface area contributed by atoms with Crippen LogP contribution < -0.4 is 10.2 Å². The van der Waals surface area contributed by atoms with Crippen molar-refractivity contribution in [1.29, 1.82) is 0 Å². The molecule has 0 radical (unpaired) electrons. The third kappa shape index (κ3) is 4.54. The molecule has 2 N–H and O–H groups in total. The van der Waals surface area contributed by atoms with Crippen molar-refractivity contribution in [3.63, 3.8) is 0 Å². The van der Waals surface area contributed by atoms with Crippen LogP contribution in [0.25, 0.3) is 11.5 Å². The molecule has 162 valence electrons. The summed E-state index contributed by atoms with van der Waals surface area (Å²) in [5.41, 5.74) is 2.22. The van der Waals surface area contributed by atoms with Gasteiger partial charge in [0.05, 0.1) is 0 Å². The van der Waals surface area contributed by atoms with Gasteiger partial charge in [0.15, 0.2) is 5.82 Å². The first-order valence-electron chi connectivity index (χ1n) is 11.9. The molecule has 1 saturated carbocycles. The Kier molecular flexibility index (Phi) is 5.79. The molecule has 2 saturated heterocycles. The van der Waals surface area contributed by atoms with Gasteiger partial charge in [0.2, 0.25) is 0 Å². The van der Waals surface area contributed by atoms with Gasteiger partial charge < -0.3 is 20.1 Å². The maximum atomic E-state index is 4.93. The number of hydrogen-bond donors (Lipinski definition) is 2. The Hall–Kier alpha value is -1.92. The zero-order valence-electron chi connectivity index (χ0n) is 18.5. The van der Waals surface area contributed by atoms with Crippen molar-refractivity contribution in [2.75, 3.05) is 37.6 Å². The minimum atomic E-state index is 0.573. The van der Waals surface area contributed by atoms with Gasteiger partial charge in [-0.15, -0.1) is 0 Å². The molecule has 2 aromatic heterocycles. The van der Waals surface area contributed by atoms with E-state index in [1.54, 1.807) is 0 Å². The monoisotopic (exact) mass is 408 g/mol. The zero-order valence-corrected chi connectivity index (χ0v) is 18.5. The molecule has 4 heterocycles. The molecule has 3 fully saturated rings. The van der Waals surface area contributed by atoms with Crippen LogP contribution in [0.2, 0.25) is 0 Å². The average molecular weight is 409 g/mol. The second-order valence-corrected chi connectivity index (χ2v) is 9.76. The SMILES string of the molecule is CC(C)N1CCC(CNC2CCN(c3cccc(-c4ncc(C5CC5)[nH]4)n3)C2)CC1. The Morgan fingerprint density at radius 1 is 1.10 bits per heavy atom. The lowest BCUT2D eigenvalue weighted by Crippen LogP contribution is -2.42. The van der Waals surface area contributed by atoms with Crippen LogP contribution in [-0.4, -0.2) is 64.7 Å². The molecule has 0 aromatic carbocycles. The number of rotatable bonds is 7. The molecule has 0 spiro atoms. The largest absolute Gasteiger partial charge is 0.355 e. The lowest BCUT2D eigenvalue weighted by Gasteiger charge is -2.35. The number of likely N-dealkylation sites (tertiary alicyclic amines) is 1. The maximum Gasteiger partial charge on any atom is 0.156 e. The van der Waals surface area contributed by atoms with Crippen LogP contribution in [0.1, 0.15) is 57.6 Å². The van der Waals surface area contributed by atoms with Gasteiger partial charge in [0.1, 0.15) is 11.5 Å². The van der Waals surface area contributed by atoms with Gasteiger partial charge >= 0.3 is 0 Å². The Morgan fingerprint density at radius 2 is 1.93 bits per heavy atom. The molecule has 6 heteroatoms. The molecular formula is C24H36N6. The molecule has 1 aliphatic carbocycles. The predicted octanol–water partition coefficient (Wildman–Crippen LogP) is 3.64. The quantitative estimate of drug-likeness (QED) is 0.732. The van der Waals surface area contributed by atoms with Crippen LogP contribution in [0, 0.1) is 5.92 Å². The summed E-state index contributed by atoms with van der Waals surface area (Å²) in [5, 5.41) is 3.86. The van der Waals surface area contributed by atoms with Crippen molar-refractivity contribution in [2.45, 2.75) is 64.0 Å². The number of aromatic amines is 1. The van der Waals surface area contributed by atoms with Gasteiger partial charge in [-0.2, -0.15) is 0 Å². The molecular weight excluding hydrogens is 372 g/mol. The van der Waals surface area contributed by atoms with Gasteiger partial charge in [-0.05, 0) is 83.6 Å². The summed E-state index contributed by atoms with van der Waals surface area (Å²) in [5.74, 6) is 3.50. The number of nitrogens with zero attached hydrogens (tertiary/aromatic N) is 4. The van der Waals surface area contributed by atoms with E-state index in [2.05, 4.69) is 57.1 Å². The highest BCUT2D eigenvalue weighted by atomic mass is 15.2. The van der Waals surface area contributed by atoms with E-state index < -0.39 is 0 Å². The minimum absolute atomic E-state index is 0.573. The second kappa shape index (κ2) is 8.67. The predicted molar refractivity (Wildman–Crippen MR) is 122 cm³/mol. The third-order valence-corrected chi connectivity index (χ3v) is 7.18. The van der Waals surface area contributed by atoms with Gasteiger partial charge in [-0.25, -0.2) is 9.97 Å². The van der Waals surface area contributed by atoms with Gasteiger partial charge in [-0.3, -0.25) is 0 Å². The normalized spacial score (nSPS) is 23.6. The molecule has 5 rings (SSSR count). The second-order valence-electron chi connectivity index (χ2n) is 9.76. The first-order valence-corrected chi connectivity index (χ1v) is 11.9. The molecule has 1 unspecified atom stereocenters. The third-order valence-electron chi connectivity index (χ3n) is 7.18. The summed E-state index contributed by atoms with van der Waals surface area (Å²) < 4.78 is 0. The van der Waals surface area contributed by atoms with Crippen LogP contribution in [0.15, 0.2) is 24.4 Å². The van der Waals surface area contributed by atoms with E-state index in [0.717, 1.165) is 42.9 Å². The molecule has 30 heavy (non-hydrogen) atoms. The molecule has 6 nitrogen and oxygen atoms in total. The topological polar surface area (TPSA) is 60.1 Å². The Bertz CT molecular complexity index is 834. The fourth-order valence-corrected chi connectivity index (χ4v) is 4.94. The minimum Gasteiger partial charge on any atom is -0.355 e. The van der Waals surface area contributed by atoms with Crippen molar-refractivity contribution < 1.29 is 0 Å². The van der Waals surface area contributed by atoms with E-state index in [9.17, 15) is 0 Å². The number of imidazole rings is 1. The highest BCUT2D eigenvalue weighted by Crippen LogP contribution is 2.39. The van der Waals surface area contributed by atoms with Gasteiger partial charge in [0, 0.05) is 43.0 Å². The van der Waals surface area contributed by atoms with E-state index in [4.69, 9.17) is 4.98 Å². The standard InChI is InChI=1S/C24H36N6/c1-17(2)29-11-8-18(9-12-29)14-25-20-10-13-30(16-20)23-5-3-4-21(27-23)24-26-15-22(28-24)19-6-7-19/h3-5,15,17-20,25H,6-14,16H2,1-2H3,(H,26,28). The van der Waals surface area contributed by atoms with Crippen molar-refractivity contribution in [2.24, 2.45) is 5.92 Å². The average Bonchev–Trinajstić information content (AvgIpc) is 3.31. The van der Waals surface area contributed by atoms with Crippen LogP contribution in [0.4, 0.5) is 5.82 Å². The maximum absolute atomic E-state index is 4.93. The van der Waals surface area contributed by atoms with Crippen LogP contribution in [0.5, 0.6) is 0 Å². The summed E-state index contributed by atoms with van der Waals surface area (Å²) in [7, 11) is 0. The molecule has 1 atom stereocenters. The number of piperidine rings is 1. The molecule has 3 aliphatic rings. The summed E-state index contributed by atoms with van der Waals surface area (Å²) in [4.78, 5) is 18.0. The van der Waals surface area contributed by atoms with Crippen LogP contribution in [-0.2, 0) is 0 Å². The van der Waals surface area contributed by atoms with Crippen molar-refractivity contribution >= 4 is 5.82 Å². The Morgan fingerprint density at radius 3 is 2.70 bits per heavy atom. The van der Waals surface area contributed by atoms with Crippen LogP contribution in [0.3, 0.4) is 0 Å². The number of aromatic nitrogens is 3. The molecule has 2 aromatic rings. The highest BCUT2D eigenvalue weighted by molar-refractivity contribution is 5.55. The fourth-order valence-electron chi connectivity index (χ4n) is 4.94. The number of anilines is 1. The summed E-state index contributed by atoms with van der Waals surface area (Å²) in [6.07, 6.45) is 8.42. The van der Waals surface area contributed by atoms with Gasteiger partial charge in [0.25, 0.3) is 0 Å². The van der Waals surface area contributed by atoms with E-state index in [-0.39, 0.29) is 0 Å². The number of pyridine rings is 1.